The highest BCUT2D eigenvalue weighted by molar-refractivity contribution is 9.10. The Morgan fingerprint density at radius 3 is 2.44 bits per heavy atom. The molecule has 1 saturated heterocycles. The first-order valence-electron chi connectivity index (χ1n) is 9.54. The molecule has 1 amide bonds. The average Bonchev–Trinajstić information content (AvgIpc) is 3.50. The summed E-state index contributed by atoms with van der Waals surface area (Å²) in [6, 6.07) is 16.9. The molecule has 0 N–H and O–H groups in total. The summed E-state index contributed by atoms with van der Waals surface area (Å²) in [4.78, 5) is 17.0. The molecule has 1 saturated carbocycles. The maximum Gasteiger partial charge on any atom is 0.226 e. The van der Waals surface area contributed by atoms with Gasteiger partial charge in [0.05, 0.1) is 13.2 Å². The number of rotatable bonds is 5. The Morgan fingerprint density at radius 2 is 1.78 bits per heavy atom. The molecule has 5 heteroatoms. The largest absolute Gasteiger partial charge is 0.378 e. The van der Waals surface area contributed by atoms with E-state index in [-0.39, 0.29) is 11.8 Å². The van der Waals surface area contributed by atoms with Crippen LogP contribution in [0.3, 0.4) is 0 Å². The molecule has 2 aromatic carbocycles. The fraction of sp³-hybridized carbons (Fsp3) is 0.409. The lowest BCUT2D eigenvalue weighted by atomic mass is 10.1. The summed E-state index contributed by atoms with van der Waals surface area (Å²) in [7, 11) is 1.91. The van der Waals surface area contributed by atoms with Crippen LogP contribution in [-0.2, 0) is 16.1 Å². The normalized spacial score (nSPS) is 21.8. The van der Waals surface area contributed by atoms with Gasteiger partial charge in [-0.25, -0.2) is 0 Å². The number of morpholine rings is 1. The molecule has 1 aliphatic carbocycles. The average molecular weight is 429 g/mol. The van der Waals surface area contributed by atoms with Gasteiger partial charge in [0, 0.05) is 42.8 Å². The number of hydrogen-bond acceptors (Lipinski definition) is 3. The number of carbonyl (C=O) groups excluding carboxylic acids is 1. The fourth-order valence-corrected chi connectivity index (χ4v) is 4.08. The van der Waals surface area contributed by atoms with Gasteiger partial charge in [0.2, 0.25) is 5.91 Å². The predicted octanol–water partition coefficient (Wildman–Crippen LogP) is 4.05. The van der Waals surface area contributed by atoms with E-state index in [9.17, 15) is 4.79 Å². The highest BCUT2D eigenvalue weighted by Crippen LogP contribution is 2.48. The summed E-state index contributed by atoms with van der Waals surface area (Å²) in [5, 5.41) is 0. The molecule has 0 radical (unpaired) electrons. The van der Waals surface area contributed by atoms with Crippen LogP contribution < -0.4 is 4.90 Å². The minimum Gasteiger partial charge on any atom is -0.378 e. The van der Waals surface area contributed by atoms with Crippen LogP contribution >= 0.6 is 15.9 Å². The van der Waals surface area contributed by atoms with Crippen molar-refractivity contribution in [1.29, 1.82) is 0 Å². The molecular formula is C22H25BrN2O2. The summed E-state index contributed by atoms with van der Waals surface area (Å²) in [5.74, 6) is 0.751. The number of carbonyl (C=O) groups is 1. The summed E-state index contributed by atoms with van der Waals surface area (Å²) in [6.45, 7) is 4.12. The first kappa shape index (κ1) is 18.5. The second-order valence-electron chi connectivity index (χ2n) is 7.46. The number of halogens is 1. The van der Waals surface area contributed by atoms with E-state index in [2.05, 4.69) is 69.4 Å². The second kappa shape index (κ2) is 8.03. The number of benzene rings is 2. The van der Waals surface area contributed by atoms with Crippen LogP contribution in [0.15, 0.2) is 53.0 Å². The quantitative estimate of drug-likeness (QED) is 0.719. The molecule has 1 heterocycles. The summed E-state index contributed by atoms with van der Waals surface area (Å²) >= 11 is 3.47. The highest BCUT2D eigenvalue weighted by atomic mass is 79.9. The van der Waals surface area contributed by atoms with E-state index in [1.165, 1.54) is 16.8 Å². The van der Waals surface area contributed by atoms with E-state index in [0.717, 1.165) is 37.2 Å². The molecule has 0 aromatic heterocycles. The maximum atomic E-state index is 12.8. The zero-order chi connectivity index (χ0) is 18.8. The van der Waals surface area contributed by atoms with Crippen molar-refractivity contribution in [3.05, 3.63) is 64.1 Å². The molecule has 142 valence electrons. The Labute approximate surface area is 169 Å². The fourth-order valence-electron chi connectivity index (χ4n) is 3.81. The van der Waals surface area contributed by atoms with Crippen molar-refractivity contribution in [3.63, 3.8) is 0 Å². The van der Waals surface area contributed by atoms with E-state index >= 15 is 0 Å². The second-order valence-corrected chi connectivity index (χ2v) is 8.38. The predicted molar refractivity (Wildman–Crippen MR) is 111 cm³/mol. The highest BCUT2D eigenvalue weighted by Gasteiger charge is 2.45. The third-order valence-electron chi connectivity index (χ3n) is 5.51. The molecule has 2 aromatic rings. The maximum absolute atomic E-state index is 12.8. The smallest absolute Gasteiger partial charge is 0.226 e. The number of anilines is 1. The lowest BCUT2D eigenvalue weighted by Gasteiger charge is -2.29. The molecular weight excluding hydrogens is 404 g/mol. The van der Waals surface area contributed by atoms with Gasteiger partial charge in [-0.3, -0.25) is 4.79 Å². The Bertz CT molecular complexity index is 785. The third-order valence-corrected chi connectivity index (χ3v) is 6.04. The molecule has 2 aliphatic rings. The monoisotopic (exact) mass is 428 g/mol. The van der Waals surface area contributed by atoms with Crippen molar-refractivity contribution in [3.8, 4) is 0 Å². The van der Waals surface area contributed by atoms with Gasteiger partial charge in [-0.15, -0.1) is 0 Å². The SMILES string of the molecule is CN(Cc1ccc(N2CCOCC2)cc1)C(=O)C1CC1c1ccc(Br)cc1. The van der Waals surface area contributed by atoms with Gasteiger partial charge in [0.1, 0.15) is 0 Å². The zero-order valence-electron chi connectivity index (χ0n) is 15.6. The van der Waals surface area contributed by atoms with Gasteiger partial charge in [0.15, 0.2) is 0 Å². The van der Waals surface area contributed by atoms with E-state index in [1.54, 1.807) is 0 Å². The molecule has 4 rings (SSSR count). The van der Waals surface area contributed by atoms with Crippen molar-refractivity contribution < 1.29 is 9.53 Å². The van der Waals surface area contributed by atoms with Crippen LogP contribution in [0.1, 0.15) is 23.5 Å². The molecule has 4 nitrogen and oxygen atoms in total. The Morgan fingerprint density at radius 1 is 1.11 bits per heavy atom. The van der Waals surface area contributed by atoms with Gasteiger partial charge in [-0.2, -0.15) is 0 Å². The summed E-state index contributed by atoms with van der Waals surface area (Å²) in [5.41, 5.74) is 3.66. The number of ether oxygens (including phenoxy) is 1. The van der Waals surface area contributed by atoms with E-state index in [0.29, 0.717) is 12.5 Å². The lowest BCUT2D eigenvalue weighted by molar-refractivity contribution is -0.131. The first-order valence-corrected chi connectivity index (χ1v) is 10.3. The summed E-state index contributed by atoms with van der Waals surface area (Å²) < 4.78 is 6.49. The Hall–Kier alpha value is -1.85. The molecule has 2 atom stereocenters. The van der Waals surface area contributed by atoms with Crippen molar-refractivity contribution >= 4 is 27.5 Å². The van der Waals surface area contributed by atoms with Gasteiger partial charge >= 0.3 is 0 Å². The van der Waals surface area contributed by atoms with Crippen LogP contribution in [0, 0.1) is 5.92 Å². The lowest BCUT2D eigenvalue weighted by Crippen LogP contribution is -2.36. The first-order chi connectivity index (χ1) is 13.1. The topological polar surface area (TPSA) is 32.8 Å². The van der Waals surface area contributed by atoms with Crippen LogP contribution in [-0.4, -0.2) is 44.2 Å². The van der Waals surface area contributed by atoms with Crippen molar-refractivity contribution in [2.75, 3.05) is 38.3 Å². The zero-order valence-corrected chi connectivity index (χ0v) is 17.2. The molecule has 27 heavy (non-hydrogen) atoms. The van der Waals surface area contributed by atoms with Gasteiger partial charge in [0.25, 0.3) is 0 Å². The Balaban J connectivity index is 1.33. The number of nitrogens with zero attached hydrogens (tertiary/aromatic N) is 2. The van der Waals surface area contributed by atoms with Crippen molar-refractivity contribution in [2.45, 2.75) is 18.9 Å². The standard InChI is InChI=1S/C22H25BrN2O2/c1-24(22(26)21-14-20(21)17-4-6-18(23)7-5-17)15-16-2-8-19(9-3-16)25-10-12-27-13-11-25/h2-9,20-21H,10-15H2,1H3. The third kappa shape index (κ3) is 4.36. The van der Waals surface area contributed by atoms with E-state index in [1.807, 2.05) is 11.9 Å². The van der Waals surface area contributed by atoms with Crippen molar-refractivity contribution in [2.24, 2.45) is 5.92 Å². The number of hydrogen-bond donors (Lipinski definition) is 0. The molecule has 0 spiro atoms. The molecule has 0 bridgehead atoms. The van der Waals surface area contributed by atoms with E-state index < -0.39 is 0 Å². The van der Waals surface area contributed by atoms with Crippen LogP contribution in [0.2, 0.25) is 0 Å². The van der Waals surface area contributed by atoms with Crippen LogP contribution in [0.5, 0.6) is 0 Å². The van der Waals surface area contributed by atoms with E-state index in [4.69, 9.17) is 4.74 Å². The van der Waals surface area contributed by atoms with Gasteiger partial charge < -0.3 is 14.5 Å². The van der Waals surface area contributed by atoms with Crippen LogP contribution in [0.25, 0.3) is 0 Å². The van der Waals surface area contributed by atoms with Gasteiger partial charge in [-0.05, 0) is 47.7 Å². The number of amides is 1. The van der Waals surface area contributed by atoms with Crippen molar-refractivity contribution in [1.82, 2.24) is 4.90 Å². The minimum atomic E-state index is 0.129. The molecule has 1 aliphatic heterocycles. The minimum absolute atomic E-state index is 0.129. The molecule has 2 fully saturated rings. The summed E-state index contributed by atoms with van der Waals surface area (Å²) in [6.07, 6.45) is 0.959. The molecule has 2 unspecified atom stereocenters. The Kier molecular flexibility index (Phi) is 5.50. The van der Waals surface area contributed by atoms with Gasteiger partial charge in [-0.1, -0.05) is 40.2 Å². The van der Waals surface area contributed by atoms with Crippen LogP contribution in [0.4, 0.5) is 5.69 Å².